The second kappa shape index (κ2) is 8.39. The van der Waals surface area contributed by atoms with Gasteiger partial charge in [-0.15, -0.1) is 5.10 Å². The quantitative estimate of drug-likeness (QED) is 0.606. The molecule has 0 aliphatic heterocycles. The minimum Gasteiger partial charge on any atom is -0.435 e. The number of carbonyl (C=O) groups excluding carboxylic acids is 1. The number of carbonyl (C=O) groups is 1. The van der Waals surface area contributed by atoms with Gasteiger partial charge in [0.05, 0.1) is 11.6 Å². The normalized spacial score (nSPS) is 12.6. The van der Waals surface area contributed by atoms with Crippen LogP contribution in [0, 0.1) is 0 Å². The lowest BCUT2D eigenvalue weighted by atomic mass is 10.1. The molecule has 3 aromatic rings. The van der Waals surface area contributed by atoms with E-state index < -0.39 is 41.6 Å². The van der Waals surface area contributed by atoms with Crippen LogP contribution >= 0.6 is 0 Å². The molecule has 1 atom stereocenters. The molecule has 1 unspecified atom stereocenters. The number of hydrogen-bond donors (Lipinski definition) is 1. The van der Waals surface area contributed by atoms with Crippen LogP contribution in [0.4, 0.5) is 22.0 Å². The topological polar surface area (TPSA) is 94.8 Å². The summed E-state index contributed by atoms with van der Waals surface area (Å²) >= 11 is 0. The van der Waals surface area contributed by atoms with Gasteiger partial charge in [0.2, 0.25) is 0 Å². The van der Waals surface area contributed by atoms with Crippen LogP contribution in [0.2, 0.25) is 0 Å². The number of rotatable bonds is 6. The monoisotopic (exact) mass is 428 g/mol. The van der Waals surface area contributed by atoms with Gasteiger partial charge in [-0.1, -0.05) is 0 Å². The molecule has 13 heteroatoms. The fourth-order valence-electron chi connectivity index (χ4n) is 2.39. The molecule has 0 saturated carbocycles. The Labute approximate surface area is 165 Å². The lowest BCUT2D eigenvalue weighted by molar-refractivity contribution is -0.138. The maximum Gasteiger partial charge on any atom is 0.416 e. The van der Waals surface area contributed by atoms with E-state index in [1.165, 1.54) is 30.3 Å². The molecular weight excluding hydrogens is 415 g/mol. The maximum absolute atomic E-state index is 13.0. The van der Waals surface area contributed by atoms with E-state index in [2.05, 4.69) is 30.1 Å². The summed E-state index contributed by atoms with van der Waals surface area (Å²) in [6, 6.07) is 2.48. The van der Waals surface area contributed by atoms with Crippen LogP contribution in [-0.4, -0.2) is 37.3 Å². The van der Waals surface area contributed by atoms with Crippen LogP contribution in [0.25, 0.3) is 5.95 Å². The Morgan fingerprint density at radius 3 is 2.47 bits per heavy atom. The third kappa shape index (κ3) is 5.04. The minimum atomic E-state index is -4.86. The second-order valence-electron chi connectivity index (χ2n) is 5.91. The molecule has 1 aromatic carbocycles. The molecule has 2 heterocycles. The Bertz CT molecular complexity index is 1020. The van der Waals surface area contributed by atoms with Gasteiger partial charge in [-0.3, -0.25) is 4.79 Å². The summed E-state index contributed by atoms with van der Waals surface area (Å²) in [6.07, 6.45) is -0.590. The molecule has 1 N–H and O–H groups in total. The molecular formula is C17H13F5N6O2. The van der Waals surface area contributed by atoms with E-state index in [1.54, 1.807) is 6.07 Å². The van der Waals surface area contributed by atoms with E-state index in [0.29, 0.717) is 12.1 Å². The highest BCUT2D eigenvalue weighted by atomic mass is 19.4. The first-order chi connectivity index (χ1) is 14.1. The third-order valence-corrected chi connectivity index (χ3v) is 3.72. The van der Waals surface area contributed by atoms with Crippen molar-refractivity contribution in [3.8, 4) is 11.7 Å². The van der Waals surface area contributed by atoms with Gasteiger partial charge in [0.1, 0.15) is 12.1 Å². The Hall–Kier alpha value is -3.64. The Balaban J connectivity index is 1.80. The molecule has 0 aliphatic rings. The number of nitrogens with zero attached hydrogens (tertiary/aromatic N) is 5. The standard InChI is InChI=1S/C17H13F5N6O2/c1-9(13-25-8-28(27-13)16-23-3-2-4-24-16)26-14(29)10-5-11(17(20,21)22)7-12(6-10)30-15(18)19/h2-9,15H,1H3,(H,26,29). The number of alkyl halides is 5. The first kappa shape index (κ1) is 21.1. The highest BCUT2D eigenvalue weighted by Crippen LogP contribution is 2.33. The van der Waals surface area contributed by atoms with Gasteiger partial charge in [-0.2, -0.15) is 26.6 Å². The van der Waals surface area contributed by atoms with E-state index in [9.17, 15) is 26.7 Å². The maximum atomic E-state index is 13.0. The number of halogens is 5. The molecule has 1 amide bonds. The molecule has 0 aliphatic carbocycles. The van der Waals surface area contributed by atoms with E-state index in [0.717, 1.165) is 6.07 Å². The molecule has 158 valence electrons. The lowest BCUT2D eigenvalue weighted by Crippen LogP contribution is -2.28. The van der Waals surface area contributed by atoms with Crippen molar-refractivity contribution < 1.29 is 31.5 Å². The summed E-state index contributed by atoms with van der Waals surface area (Å²) in [4.78, 5) is 24.4. The van der Waals surface area contributed by atoms with Gasteiger partial charge < -0.3 is 10.1 Å². The van der Waals surface area contributed by atoms with Crippen molar-refractivity contribution >= 4 is 5.91 Å². The van der Waals surface area contributed by atoms with E-state index in [-0.39, 0.29) is 11.8 Å². The lowest BCUT2D eigenvalue weighted by Gasteiger charge is -2.14. The fourth-order valence-corrected chi connectivity index (χ4v) is 2.39. The molecule has 30 heavy (non-hydrogen) atoms. The van der Waals surface area contributed by atoms with E-state index >= 15 is 0 Å². The van der Waals surface area contributed by atoms with Gasteiger partial charge in [0.25, 0.3) is 11.9 Å². The number of amides is 1. The highest BCUT2D eigenvalue weighted by Gasteiger charge is 2.32. The number of hydrogen-bond acceptors (Lipinski definition) is 6. The molecule has 8 nitrogen and oxygen atoms in total. The molecule has 0 saturated heterocycles. The number of aromatic nitrogens is 5. The van der Waals surface area contributed by atoms with Gasteiger partial charge in [0, 0.05) is 18.0 Å². The largest absolute Gasteiger partial charge is 0.435 e. The molecule has 0 radical (unpaired) electrons. The molecule has 0 bridgehead atoms. The number of ether oxygens (including phenoxy) is 1. The fraction of sp³-hybridized carbons (Fsp3) is 0.235. The predicted octanol–water partition coefficient (Wildman–Crippen LogP) is 3.17. The third-order valence-electron chi connectivity index (χ3n) is 3.72. The van der Waals surface area contributed by atoms with Gasteiger partial charge in [-0.25, -0.2) is 15.0 Å². The molecule has 2 aromatic heterocycles. The van der Waals surface area contributed by atoms with E-state index in [1.807, 2.05) is 0 Å². The zero-order chi connectivity index (χ0) is 21.9. The number of nitrogens with one attached hydrogen (secondary N) is 1. The van der Waals surface area contributed by atoms with Gasteiger partial charge >= 0.3 is 12.8 Å². The first-order valence-corrected chi connectivity index (χ1v) is 8.30. The first-order valence-electron chi connectivity index (χ1n) is 8.30. The average molecular weight is 428 g/mol. The highest BCUT2D eigenvalue weighted by molar-refractivity contribution is 5.95. The summed E-state index contributed by atoms with van der Waals surface area (Å²) < 4.78 is 69.2. The second-order valence-corrected chi connectivity index (χ2v) is 5.91. The van der Waals surface area contributed by atoms with Crippen molar-refractivity contribution in [3.63, 3.8) is 0 Å². The summed E-state index contributed by atoms with van der Waals surface area (Å²) in [7, 11) is 0. The summed E-state index contributed by atoms with van der Waals surface area (Å²) in [5.41, 5.74) is -1.82. The van der Waals surface area contributed by atoms with Crippen molar-refractivity contribution in [2.24, 2.45) is 0 Å². The van der Waals surface area contributed by atoms with Crippen LogP contribution in [0.1, 0.15) is 34.7 Å². The molecule has 0 fully saturated rings. The van der Waals surface area contributed by atoms with Crippen LogP contribution < -0.4 is 10.1 Å². The average Bonchev–Trinajstić information content (AvgIpc) is 3.17. The Morgan fingerprint density at radius 2 is 1.83 bits per heavy atom. The van der Waals surface area contributed by atoms with Crippen molar-refractivity contribution in [2.75, 3.05) is 0 Å². The van der Waals surface area contributed by atoms with Crippen molar-refractivity contribution in [2.45, 2.75) is 25.8 Å². The van der Waals surface area contributed by atoms with Crippen LogP contribution in [0.3, 0.4) is 0 Å². The van der Waals surface area contributed by atoms with Gasteiger partial charge in [0.15, 0.2) is 5.82 Å². The van der Waals surface area contributed by atoms with Crippen molar-refractivity contribution in [3.05, 3.63) is 59.9 Å². The Morgan fingerprint density at radius 1 is 1.13 bits per heavy atom. The summed E-state index contributed by atoms with van der Waals surface area (Å²) in [5.74, 6) is -1.39. The zero-order valence-electron chi connectivity index (χ0n) is 15.1. The van der Waals surface area contributed by atoms with Crippen LogP contribution in [0.15, 0.2) is 43.0 Å². The SMILES string of the molecule is CC(NC(=O)c1cc(OC(F)F)cc(C(F)(F)F)c1)c1ncn(-c2ncccn2)n1. The minimum absolute atomic E-state index is 0.131. The summed E-state index contributed by atoms with van der Waals surface area (Å²) in [5, 5.41) is 6.51. The summed E-state index contributed by atoms with van der Waals surface area (Å²) in [6.45, 7) is -1.86. The Kier molecular flexibility index (Phi) is 5.89. The molecule has 3 rings (SSSR count). The van der Waals surface area contributed by atoms with Crippen LogP contribution in [0.5, 0.6) is 5.75 Å². The van der Waals surface area contributed by atoms with Gasteiger partial charge in [-0.05, 0) is 31.2 Å². The number of benzene rings is 1. The van der Waals surface area contributed by atoms with Crippen LogP contribution in [-0.2, 0) is 6.18 Å². The predicted molar refractivity (Wildman–Crippen MR) is 90.9 cm³/mol. The molecule has 0 spiro atoms. The zero-order valence-corrected chi connectivity index (χ0v) is 15.1. The van der Waals surface area contributed by atoms with E-state index in [4.69, 9.17) is 0 Å². The smallest absolute Gasteiger partial charge is 0.416 e. The van der Waals surface area contributed by atoms with Crippen molar-refractivity contribution in [1.82, 2.24) is 30.0 Å². The van der Waals surface area contributed by atoms with Crippen molar-refractivity contribution in [1.29, 1.82) is 0 Å².